The number of hydrogen-bond acceptors (Lipinski definition) is 0. The molecule has 0 N–H and O–H groups in total. The molecule has 6 aromatic rings. The summed E-state index contributed by atoms with van der Waals surface area (Å²) in [6, 6.07) is 46.7. The maximum absolute atomic E-state index is 2.36. The van der Waals surface area contributed by atoms with Crippen molar-refractivity contribution in [3.05, 3.63) is 133 Å². The van der Waals surface area contributed by atoms with Crippen molar-refractivity contribution in [2.45, 2.75) is 26.2 Å². The van der Waals surface area contributed by atoms with Crippen molar-refractivity contribution in [1.29, 1.82) is 0 Å². The Morgan fingerprint density at radius 3 is 1.42 bits per heavy atom. The van der Waals surface area contributed by atoms with Crippen LogP contribution in [-0.2, 0) is 5.41 Å². The van der Waals surface area contributed by atoms with Crippen LogP contribution < -0.4 is 0 Å². The summed E-state index contributed by atoms with van der Waals surface area (Å²) in [5, 5.41) is 5.10. The lowest BCUT2D eigenvalue weighted by Gasteiger charge is -2.20. The first-order chi connectivity index (χ1) is 17.5. The van der Waals surface area contributed by atoms with Crippen molar-refractivity contribution in [3.63, 3.8) is 0 Å². The van der Waals surface area contributed by atoms with Crippen LogP contribution in [0.25, 0.3) is 54.9 Å². The molecule has 0 radical (unpaired) electrons. The van der Waals surface area contributed by atoms with Crippen LogP contribution in [0.1, 0.15) is 26.3 Å². The molecule has 6 rings (SSSR count). The molecule has 0 spiro atoms. The maximum Gasteiger partial charge on any atom is -0.0105 e. The second-order valence-electron chi connectivity index (χ2n) is 10.7. The van der Waals surface area contributed by atoms with Crippen LogP contribution in [0.4, 0.5) is 0 Å². The Morgan fingerprint density at radius 2 is 0.861 bits per heavy atom. The Hall–Kier alpha value is -4.16. The summed E-state index contributed by atoms with van der Waals surface area (Å²) in [4.78, 5) is 0. The predicted octanol–water partition coefficient (Wildman–Crippen LogP) is 10.3. The van der Waals surface area contributed by atoms with E-state index in [1.807, 2.05) is 0 Å². The largest absolute Gasteiger partial charge is 0.0616 e. The van der Waals surface area contributed by atoms with Gasteiger partial charge in [-0.2, -0.15) is 0 Å². The van der Waals surface area contributed by atoms with E-state index in [0.717, 1.165) is 0 Å². The van der Waals surface area contributed by atoms with Gasteiger partial charge in [0.1, 0.15) is 0 Å². The second kappa shape index (κ2) is 8.81. The molecule has 36 heavy (non-hydrogen) atoms. The number of benzene rings is 6. The fraction of sp³-hybridized carbons (Fsp3) is 0.111. The van der Waals surface area contributed by atoms with Gasteiger partial charge in [-0.1, -0.05) is 130 Å². The molecule has 0 aliphatic heterocycles. The van der Waals surface area contributed by atoms with E-state index < -0.39 is 0 Å². The van der Waals surface area contributed by atoms with Gasteiger partial charge in [0.15, 0.2) is 0 Å². The van der Waals surface area contributed by atoms with Crippen molar-refractivity contribution in [2.75, 3.05) is 0 Å². The maximum atomic E-state index is 2.36. The average molecular weight is 463 g/mol. The van der Waals surface area contributed by atoms with E-state index >= 15 is 0 Å². The van der Waals surface area contributed by atoms with Crippen LogP contribution >= 0.6 is 0 Å². The van der Waals surface area contributed by atoms with Gasteiger partial charge >= 0.3 is 0 Å². The van der Waals surface area contributed by atoms with Crippen LogP contribution in [0.15, 0.2) is 127 Å². The van der Waals surface area contributed by atoms with Crippen LogP contribution in [0.3, 0.4) is 0 Å². The second-order valence-corrected chi connectivity index (χ2v) is 10.7. The Labute approximate surface area is 213 Å². The molecular weight excluding hydrogens is 432 g/mol. The van der Waals surface area contributed by atoms with Crippen molar-refractivity contribution >= 4 is 21.5 Å². The summed E-state index contributed by atoms with van der Waals surface area (Å²) in [7, 11) is 0. The molecule has 0 aliphatic rings. The summed E-state index contributed by atoms with van der Waals surface area (Å²) in [6.45, 7) is 6.83. The molecular formula is C36H30. The topological polar surface area (TPSA) is 0 Å². The number of fused-ring (bicyclic) bond motifs is 2. The standard InChI is InChI=1S/C36H30/c1-36(2,3)31-16-8-15-27(24-31)28-21-29(34-19-9-13-25-11-4-6-17-32(25)34)23-30(22-28)35-20-10-14-26-12-5-7-18-33(26)35/h4-24H,1-3H3. The third-order valence-electron chi connectivity index (χ3n) is 7.20. The highest BCUT2D eigenvalue weighted by Gasteiger charge is 2.16. The molecule has 6 aromatic carbocycles. The van der Waals surface area contributed by atoms with Crippen LogP contribution in [0.5, 0.6) is 0 Å². The van der Waals surface area contributed by atoms with Crippen molar-refractivity contribution in [3.8, 4) is 33.4 Å². The van der Waals surface area contributed by atoms with Crippen molar-refractivity contribution < 1.29 is 0 Å². The third-order valence-corrected chi connectivity index (χ3v) is 7.20. The number of hydrogen-bond donors (Lipinski definition) is 0. The summed E-state index contributed by atoms with van der Waals surface area (Å²) in [6.07, 6.45) is 0. The molecule has 0 saturated heterocycles. The summed E-state index contributed by atoms with van der Waals surface area (Å²) < 4.78 is 0. The zero-order valence-electron chi connectivity index (χ0n) is 21.1. The Morgan fingerprint density at radius 1 is 0.389 bits per heavy atom. The van der Waals surface area contributed by atoms with Gasteiger partial charge in [-0.3, -0.25) is 0 Å². The first kappa shape index (κ1) is 22.3. The van der Waals surface area contributed by atoms with E-state index in [-0.39, 0.29) is 5.41 Å². The highest BCUT2D eigenvalue weighted by atomic mass is 14.2. The molecule has 0 heterocycles. The van der Waals surface area contributed by atoms with Crippen molar-refractivity contribution in [2.24, 2.45) is 0 Å². The highest BCUT2D eigenvalue weighted by molar-refractivity contribution is 6.01. The highest BCUT2D eigenvalue weighted by Crippen LogP contribution is 2.38. The quantitative estimate of drug-likeness (QED) is 0.245. The minimum absolute atomic E-state index is 0.0989. The summed E-state index contributed by atoms with van der Waals surface area (Å²) in [5.74, 6) is 0. The monoisotopic (exact) mass is 462 g/mol. The normalized spacial score (nSPS) is 11.8. The molecule has 0 atom stereocenters. The van der Waals surface area contributed by atoms with E-state index in [1.54, 1.807) is 0 Å². The fourth-order valence-electron chi connectivity index (χ4n) is 5.22. The van der Waals surface area contributed by atoms with Gasteiger partial charge in [-0.25, -0.2) is 0 Å². The molecule has 0 saturated carbocycles. The lowest BCUT2D eigenvalue weighted by atomic mass is 9.84. The summed E-state index contributed by atoms with van der Waals surface area (Å²) in [5.41, 5.74) is 8.97. The van der Waals surface area contributed by atoms with Gasteiger partial charge in [0, 0.05) is 0 Å². The minimum Gasteiger partial charge on any atom is -0.0616 e. The number of rotatable bonds is 3. The van der Waals surface area contributed by atoms with Crippen molar-refractivity contribution in [1.82, 2.24) is 0 Å². The van der Waals surface area contributed by atoms with Gasteiger partial charge in [0.25, 0.3) is 0 Å². The van der Waals surface area contributed by atoms with Gasteiger partial charge < -0.3 is 0 Å². The van der Waals surface area contributed by atoms with E-state index in [9.17, 15) is 0 Å². The van der Waals surface area contributed by atoms with E-state index in [4.69, 9.17) is 0 Å². The van der Waals surface area contributed by atoms with E-state index in [2.05, 4.69) is 148 Å². The molecule has 0 bridgehead atoms. The molecule has 0 amide bonds. The lowest BCUT2D eigenvalue weighted by molar-refractivity contribution is 0.590. The zero-order valence-corrected chi connectivity index (χ0v) is 21.1. The first-order valence-corrected chi connectivity index (χ1v) is 12.7. The fourth-order valence-corrected chi connectivity index (χ4v) is 5.22. The Bertz CT molecular complexity index is 1600. The van der Waals surface area contributed by atoms with E-state index in [1.165, 1.54) is 60.5 Å². The van der Waals surface area contributed by atoms with Crippen LogP contribution in [-0.4, -0.2) is 0 Å². The smallest absolute Gasteiger partial charge is 0.0105 e. The van der Waals surface area contributed by atoms with Gasteiger partial charge in [-0.15, -0.1) is 0 Å². The van der Waals surface area contributed by atoms with Gasteiger partial charge in [-0.05, 0) is 84.1 Å². The molecule has 0 heteroatoms. The molecule has 0 aromatic heterocycles. The SMILES string of the molecule is CC(C)(C)c1cccc(-c2cc(-c3cccc4ccccc34)cc(-c3cccc4ccccc34)c2)c1. The van der Waals surface area contributed by atoms with Crippen LogP contribution in [0, 0.1) is 0 Å². The molecule has 0 fully saturated rings. The third kappa shape index (κ3) is 4.10. The average Bonchev–Trinajstić information content (AvgIpc) is 2.92. The van der Waals surface area contributed by atoms with Crippen LogP contribution in [0.2, 0.25) is 0 Å². The molecule has 0 nitrogen and oxygen atoms in total. The predicted molar refractivity (Wildman–Crippen MR) is 156 cm³/mol. The molecule has 0 aliphatic carbocycles. The lowest BCUT2D eigenvalue weighted by Crippen LogP contribution is -2.10. The minimum atomic E-state index is 0.0989. The Balaban J connectivity index is 1.64. The molecule has 174 valence electrons. The zero-order chi connectivity index (χ0) is 24.7. The van der Waals surface area contributed by atoms with Gasteiger partial charge in [0.2, 0.25) is 0 Å². The Kier molecular flexibility index (Phi) is 5.46. The van der Waals surface area contributed by atoms with Gasteiger partial charge in [0.05, 0.1) is 0 Å². The van der Waals surface area contributed by atoms with E-state index in [0.29, 0.717) is 0 Å². The summed E-state index contributed by atoms with van der Waals surface area (Å²) >= 11 is 0. The first-order valence-electron chi connectivity index (χ1n) is 12.7. The molecule has 0 unspecified atom stereocenters.